The number of fused-ring (bicyclic) bond motifs is 1. The largest absolute Gasteiger partial charge is 0.492 e. The Morgan fingerprint density at radius 1 is 1.27 bits per heavy atom. The quantitative estimate of drug-likeness (QED) is 0.847. The molecule has 2 aromatic heterocycles. The van der Waals surface area contributed by atoms with E-state index in [1.807, 2.05) is 39.8 Å². The van der Waals surface area contributed by atoms with Crippen LogP contribution in [0.3, 0.4) is 0 Å². The molecule has 1 aliphatic heterocycles. The van der Waals surface area contributed by atoms with Gasteiger partial charge in [0, 0.05) is 11.6 Å². The van der Waals surface area contributed by atoms with Crippen LogP contribution in [-0.2, 0) is 9.31 Å². The van der Waals surface area contributed by atoms with Crippen LogP contribution in [0.4, 0.5) is 0 Å². The predicted octanol–water partition coefficient (Wildman–Crippen LogP) is 1.96. The number of pyridine rings is 1. The molecule has 0 bridgehead atoms. The highest BCUT2D eigenvalue weighted by atomic mass is 16.7. The molecule has 1 fully saturated rings. The van der Waals surface area contributed by atoms with Crippen molar-refractivity contribution in [1.29, 1.82) is 0 Å². The van der Waals surface area contributed by atoms with Gasteiger partial charge in [-0.15, -0.1) is 0 Å². The summed E-state index contributed by atoms with van der Waals surface area (Å²) in [5.41, 5.74) is 1.41. The fourth-order valence-corrected chi connectivity index (χ4v) is 2.33. The van der Waals surface area contributed by atoms with E-state index in [2.05, 4.69) is 15.2 Å². The number of aromatic nitrogens is 3. The van der Waals surface area contributed by atoms with Crippen molar-refractivity contribution < 1.29 is 14.4 Å². The monoisotopic (exact) mass is 301 g/mol. The average Bonchev–Trinajstić information content (AvgIpc) is 2.98. The number of hydrogen-bond donors (Lipinski definition) is 2. The third-order valence-electron chi connectivity index (χ3n) is 4.40. The van der Waals surface area contributed by atoms with E-state index in [0.29, 0.717) is 5.47 Å². The van der Waals surface area contributed by atoms with Gasteiger partial charge < -0.3 is 14.4 Å². The summed E-state index contributed by atoms with van der Waals surface area (Å²) >= 11 is 0. The molecule has 2 aromatic rings. The van der Waals surface area contributed by atoms with Crippen LogP contribution >= 0.6 is 0 Å². The summed E-state index contributed by atoms with van der Waals surface area (Å²) in [5.74, 6) is 0. The highest BCUT2D eigenvalue weighted by Gasteiger charge is 2.52. The second-order valence-corrected chi connectivity index (χ2v) is 6.54. The van der Waals surface area contributed by atoms with Crippen molar-refractivity contribution in [1.82, 2.24) is 15.2 Å². The van der Waals surface area contributed by atoms with Gasteiger partial charge in [0.1, 0.15) is 0 Å². The number of nitrogens with one attached hydrogen (secondary N) is 1. The van der Waals surface area contributed by atoms with Crippen molar-refractivity contribution in [2.24, 2.45) is 0 Å². The molecule has 116 valence electrons. The first-order chi connectivity index (χ1) is 10.3. The zero-order valence-electron chi connectivity index (χ0n) is 13.3. The molecule has 3 rings (SSSR count). The smallest absolute Gasteiger partial charge is 0.400 e. The molecular formula is C15H20BN3O3. The summed E-state index contributed by atoms with van der Waals surface area (Å²) in [4.78, 5) is 4.29. The van der Waals surface area contributed by atoms with Crippen LogP contribution < -0.4 is 0 Å². The summed E-state index contributed by atoms with van der Waals surface area (Å²) in [6, 6.07) is 1.95. The van der Waals surface area contributed by atoms with Crippen LogP contribution in [0.15, 0.2) is 23.9 Å². The van der Waals surface area contributed by atoms with E-state index in [1.54, 1.807) is 12.4 Å². The molecule has 0 aliphatic carbocycles. The number of nitrogens with zero attached hydrogens (tertiary/aromatic N) is 2. The molecule has 0 radical (unpaired) electrons. The number of H-pyrrole nitrogens is 1. The average molecular weight is 301 g/mol. The van der Waals surface area contributed by atoms with E-state index >= 15 is 0 Å². The highest BCUT2D eigenvalue weighted by Crippen LogP contribution is 2.38. The van der Waals surface area contributed by atoms with Crippen LogP contribution in [0.5, 0.6) is 0 Å². The molecule has 22 heavy (non-hydrogen) atoms. The zero-order valence-corrected chi connectivity index (χ0v) is 13.3. The van der Waals surface area contributed by atoms with Gasteiger partial charge in [-0.3, -0.25) is 5.10 Å². The summed E-state index contributed by atoms with van der Waals surface area (Å²) < 4.78 is 11.9. The summed E-state index contributed by atoms with van der Waals surface area (Å²) in [6.45, 7) is 7.81. The minimum atomic E-state index is -0.560. The lowest BCUT2D eigenvalue weighted by Gasteiger charge is -2.32. The SMILES string of the molecule is CC1(C)OB(C(=Cc2cnc3[nH]ncc3c2)CO)OC1(C)C. The van der Waals surface area contributed by atoms with E-state index in [9.17, 15) is 5.11 Å². The molecule has 7 heteroatoms. The molecule has 0 saturated carbocycles. The molecule has 0 spiro atoms. The first-order valence-corrected chi connectivity index (χ1v) is 7.28. The van der Waals surface area contributed by atoms with Crippen LogP contribution in [0.1, 0.15) is 33.3 Å². The molecule has 1 saturated heterocycles. The fraction of sp³-hybridized carbons (Fsp3) is 0.467. The molecule has 6 nitrogen and oxygen atoms in total. The first-order valence-electron chi connectivity index (χ1n) is 7.28. The van der Waals surface area contributed by atoms with E-state index in [4.69, 9.17) is 9.31 Å². The predicted molar refractivity (Wildman–Crippen MR) is 85.0 cm³/mol. The van der Waals surface area contributed by atoms with Crippen molar-refractivity contribution in [2.75, 3.05) is 6.61 Å². The fourth-order valence-electron chi connectivity index (χ4n) is 2.33. The van der Waals surface area contributed by atoms with Gasteiger partial charge in [0.25, 0.3) is 0 Å². The number of hydrogen-bond acceptors (Lipinski definition) is 5. The maximum absolute atomic E-state index is 9.69. The number of aliphatic hydroxyl groups is 1. The number of aliphatic hydroxyl groups excluding tert-OH is 1. The summed E-state index contributed by atoms with van der Waals surface area (Å²) in [7, 11) is -0.560. The lowest BCUT2D eigenvalue weighted by Crippen LogP contribution is -2.41. The molecule has 1 aliphatic rings. The van der Waals surface area contributed by atoms with E-state index in [1.165, 1.54) is 0 Å². The normalized spacial score (nSPS) is 20.8. The zero-order chi connectivity index (χ0) is 16.0. The Bertz CT molecular complexity index is 708. The first kappa shape index (κ1) is 15.2. The van der Waals surface area contributed by atoms with Crippen molar-refractivity contribution in [2.45, 2.75) is 38.9 Å². The lowest BCUT2D eigenvalue weighted by atomic mass is 9.77. The topological polar surface area (TPSA) is 80.3 Å². The maximum atomic E-state index is 9.69. The van der Waals surface area contributed by atoms with Crippen LogP contribution in [-0.4, -0.2) is 45.2 Å². The molecule has 0 aromatic carbocycles. The lowest BCUT2D eigenvalue weighted by molar-refractivity contribution is 0.00578. The van der Waals surface area contributed by atoms with Gasteiger partial charge in [-0.2, -0.15) is 5.10 Å². The Morgan fingerprint density at radius 2 is 1.95 bits per heavy atom. The second-order valence-electron chi connectivity index (χ2n) is 6.54. The van der Waals surface area contributed by atoms with Crippen molar-refractivity contribution in [3.05, 3.63) is 29.5 Å². The van der Waals surface area contributed by atoms with Gasteiger partial charge in [-0.25, -0.2) is 4.98 Å². The number of aromatic amines is 1. The molecule has 0 amide bonds. The molecule has 0 atom stereocenters. The van der Waals surface area contributed by atoms with E-state index in [-0.39, 0.29) is 6.61 Å². The standard InChI is InChI=1S/C15H20BN3O3/c1-14(2)15(3,4)22-16(21-14)12(9-20)6-10-5-11-8-18-19-13(11)17-7-10/h5-8,20H,9H2,1-4H3,(H,17,18,19). The van der Waals surface area contributed by atoms with Crippen molar-refractivity contribution in [3.63, 3.8) is 0 Å². The Balaban J connectivity index is 1.90. The van der Waals surface area contributed by atoms with E-state index in [0.717, 1.165) is 16.6 Å². The maximum Gasteiger partial charge on any atom is 0.492 e. The van der Waals surface area contributed by atoms with Crippen molar-refractivity contribution in [3.8, 4) is 0 Å². The Morgan fingerprint density at radius 3 is 2.59 bits per heavy atom. The van der Waals surface area contributed by atoms with Gasteiger partial charge in [0.15, 0.2) is 5.65 Å². The van der Waals surface area contributed by atoms with Gasteiger partial charge in [0.2, 0.25) is 0 Å². The third kappa shape index (κ3) is 2.56. The molecular weight excluding hydrogens is 281 g/mol. The molecule has 2 N–H and O–H groups in total. The van der Waals surface area contributed by atoms with Crippen LogP contribution in [0.25, 0.3) is 17.1 Å². The Kier molecular flexibility index (Phi) is 3.59. The highest BCUT2D eigenvalue weighted by molar-refractivity contribution is 6.55. The van der Waals surface area contributed by atoms with Gasteiger partial charge in [0.05, 0.1) is 24.0 Å². The third-order valence-corrected chi connectivity index (χ3v) is 4.40. The molecule has 3 heterocycles. The van der Waals surface area contributed by atoms with Gasteiger partial charge >= 0.3 is 7.12 Å². The minimum Gasteiger partial charge on any atom is -0.400 e. The summed E-state index contributed by atoms with van der Waals surface area (Å²) in [5, 5.41) is 17.4. The molecule has 0 unspecified atom stereocenters. The summed E-state index contributed by atoms with van der Waals surface area (Å²) in [6.07, 6.45) is 5.29. The Labute approximate surface area is 129 Å². The minimum absolute atomic E-state index is 0.139. The Hall–Kier alpha value is -1.70. The van der Waals surface area contributed by atoms with Crippen LogP contribution in [0.2, 0.25) is 0 Å². The second kappa shape index (κ2) is 5.19. The van der Waals surface area contributed by atoms with Crippen molar-refractivity contribution >= 4 is 24.2 Å². The van der Waals surface area contributed by atoms with Gasteiger partial charge in [-0.05, 0) is 44.8 Å². The van der Waals surface area contributed by atoms with Gasteiger partial charge in [-0.1, -0.05) is 6.08 Å². The van der Waals surface area contributed by atoms with E-state index < -0.39 is 18.3 Å². The van der Waals surface area contributed by atoms with Crippen LogP contribution in [0, 0.1) is 0 Å². The number of rotatable bonds is 3.